The maximum atomic E-state index is 6.89. The summed E-state index contributed by atoms with van der Waals surface area (Å²) in [5.74, 6) is 1.89. The number of ether oxygens (including phenoxy) is 1. The van der Waals surface area contributed by atoms with Gasteiger partial charge in [-0.3, -0.25) is 0 Å². The molecule has 8 aromatic rings. The standard InChI is InChI=1S/C48H34BNOSi/c1-5-18-37(19-6-1)50(38-20-7-2-8-21-38)39-22-15-17-35(33-39)36-31-32-44-43(34-36)49-42-27-13-14-29-46(42)52(40-23-9-3-10-24-40,41-25-11-4-12-26-41)47-30-16-28-45(51-44)48(47)49/h1-34H. The van der Waals surface area contributed by atoms with Gasteiger partial charge in [-0.2, -0.15) is 0 Å². The van der Waals surface area contributed by atoms with E-state index in [1.807, 2.05) is 0 Å². The van der Waals surface area contributed by atoms with E-state index in [0.717, 1.165) is 34.1 Å². The number of nitrogens with zero attached hydrogens (tertiary/aromatic N) is 1. The molecule has 0 atom stereocenters. The molecule has 0 aromatic heterocycles. The molecule has 4 heteroatoms. The average Bonchev–Trinajstić information content (AvgIpc) is 3.22. The molecule has 0 N–H and O–H groups in total. The van der Waals surface area contributed by atoms with Crippen molar-refractivity contribution in [3.63, 3.8) is 0 Å². The Balaban J connectivity index is 1.16. The van der Waals surface area contributed by atoms with Crippen molar-refractivity contribution in [1.29, 1.82) is 0 Å². The van der Waals surface area contributed by atoms with E-state index in [4.69, 9.17) is 4.74 Å². The zero-order chi connectivity index (χ0) is 34.5. The second-order valence-corrected chi connectivity index (χ2v) is 17.4. The first-order valence-corrected chi connectivity index (χ1v) is 20.0. The molecule has 0 saturated heterocycles. The molecular formula is C48H34BNOSi. The van der Waals surface area contributed by atoms with Crippen molar-refractivity contribution in [2.75, 3.05) is 4.90 Å². The number of benzene rings is 8. The van der Waals surface area contributed by atoms with Gasteiger partial charge in [-0.05, 0) is 91.3 Å². The fourth-order valence-electron chi connectivity index (χ4n) is 8.73. The van der Waals surface area contributed by atoms with Gasteiger partial charge < -0.3 is 9.64 Å². The molecule has 2 aliphatic rings. The number of para-hydroxylation sites is 2. The van der Waals surface area contributed by atoms with Crippen molar-refractivity contribution in [1.82, 2.24) is 0 Å². The van der Waals surface area contributed by atoms with Crippen LogP contribution in [-0.4, -0.2) is 14.8 Å². The lowest BCUT2D eigenvalue weighted by Crippen LogP contribution is -2.87. The lowest BCUT2D eigenvalue weighted by atomic mass is 9.35. The van der Waals surface area contributed by atoms with E-state index >= 15 is 0 Å². The van der Waals surface area contributed by atoms with Crippen LogP contribution in [-0.2, 0) is 0 Å². The monoisotopic (exact) mass is 679 g/mol. The second kappa shape index (κ2) is 12.4. The van der Waals surface area contributed by atoms with E-state index in [2.05, 4.69) is 211 Å². The Hall–Kier alpha value is -6.36. The van der Waals surface area contributed by atoms with Crippen molar-refractivity contribution in [3.05, 3.63) is 206 Å². The molecule has 244 valence electrons. The Labute approximate surface area is 306 Å². The maximum absolute atomic E-state index is 6.89. The molecule has 2 heterocycles. The Kier molecular flexibility index (Phi) is 7.29. The molecule has 10 rings (SSSR count). The molecule has 0 unspecified atom stereocenters. The van der Waals surface area contributed by atoms with E-state index in [1.165, 1.54) is 42.7 Å². The molecule has 0 aliphatic carbocycles. The predicted octanol–water partition coefficient (Wildman–Crippen LogP) is 7.14. The highest BCUT2D eigenvalue weighted by Gasteiger charge is 2.52. The van der Waals surface area contributed by atoms with Gasteiger partial charge in [0.05, 0.1) is 0 Å². The minimum atomic E-state index is -2.70. The van der Waals surface area contributed by atoms with Crippen LogP contribution < -0.4 is 46.8 Å². The van der Waals surface area contributed by atoms with Crippen LogP contribution in [0.15, 0.2) is 206 Å². The summed E-state index contributed by atoms with van der Waals surface area (Å²) in [5, 5.41) is 5.63. The fourth-order valence-corrected chi connectivity index (χ4v) is 14.0. The highest BCUT2D eigenvalue weighted by molar-refractivity contribution is 7.26. The van der Waals surface area contributed by atoms with Gasteiger partial charge in [0, 0.05) is 17.1 Å². The van der Waals surface area contributed by atoms with Gasteiger partial charge in [0.2, 0.25) is 0 Å². The minimum Gasteiger partial charge on any atom is -0.458 e. The summed E-state index contributed by atoms with van der Waals surface area (Å²) in [6.07, 6.45) is 0. The van der Waals surface area contributed by atoms with Gasteiger partial charge in [-0.1, -0.05) is 163 Å². The highest BCUT2D eigenvalue weighted by atomic mass is 28.3. The molecule has 2 aliphatic heterocycles. The smallest absolute Gasteiger partial charge is 0.250 e. The molecule has 0 radical (unpaired) electrons. The Bertz CT molecular complexity index is 2480. The van der Waals surface area contributed by atoms with Crippen molar-refractivity contribution < 1.29 is 4.74 Å². The van der Waals surface area contributed by atoms with Gasteiger partial charge in [-0.25, -0.2) is 0 Å². The summed E-state index contributed by atoms with van der Waals surface area (Å²) >= 11 is 0. The van der Waals surface area contributed by atoms with E-state index in [9.17, 15) is 0 Å². The summed E-state index contributed by atoms with van der Waals surface area (Å²) in [6, 6.07) is 75.2. The largest absolute Gasteiger partial charge is 0.458 e. The third-order valence-electron chi connectivity index (χ3n) is 10.9. The number of fused-ring (bicyclic) bond motifs is 4. The molecule has 0 fully saturated rings. The fraction of sp³-hybridized carbons (Fsp3) is 0. The first-order valence-electron chi connectivity index (χ1n) is 18.0. The van der Waals surface area contributed by atoms with Gasteiger partial charge in [0.25, 0.3) is 6.71 Å². The first kappa shape index (κ1) is 30.5. The van der Waals surface area contributed by atoms with Gasteiger partial charge in [-0.15, -0.1) is 0 Å². The summed E-state index contributed by atoms with van der Waals surface area (Å²) in [5.41, 5.74) is 9.58. The Morgan fingerprint density at radius 3 is 1.60 bits per heavy atom. The van der Waals surface area contributed by atoms with Crippen LogP contribution in [0, 0.1) is 0 Å². The number of rotatable bonds is 6. The Morgan fingerprint density at radius 2 is 0.923 bits per heavy atom. The van der Waals surface area contributed by atoms with E-state index < -0.39 is 8.07 Å². The normalized spacial score (nSPS) is 13.3. The minimum absolute atomic E-state index is 0.0486. The molecule has 0 saturated carbocycles. The first-order chi connectivity index (χ1) is 25.8. The topological polar surface area (TPSA) is 12.5 Å². The van der Waals surface area contributed by atoms with E-state index in [0.29, 0.717) is 0 Å². The lowest BCUT2D eigenvalue weighted by molar-refractivity contribution is 0.488. The van der Waals surface area contributed by atoms with Crippen LogP contribution in [0.2, 0.25) is 0 Å². The number of hydrogen-bond acceptors (Lipinski definition) is 2. The van der Waals surface area contributed by atoms with Crippen LogP contribution in [0.4, 0.5) is 17.1 Å². The van der Waals surface area contributed by atoms with E-state index in [-0.39, 0.29) is 6.71 Å². The zero-order valence-electron chi connectivity index (χ0n) is 28.6. The average molecular weight is 680 g/mol. The predicted molar refractivity (Wildman–Crippen MR) is 221 cm³/mol. The van der Waals surface area contributed by atoms with Crippen LogP contribution in [0.5, 0.6) is 11.5 Å². The van der Waals surface area contributed by atoms with Crippen molar-refractivity contribution in [2.24, 2.45) is 0 Å². The number of anilines is 3. The lowest BCUT2D eigenvalue weighted by Gasteiger charge is -2.44. The molecule has 52 heavy (non-hydrogen) atoms. The summed E-state index contributed by atoms with van der Waals surface area (Å²) < 4.78 is 6.89. The third-order valence-corrected chi connectivity index (χ3v) is 15.8. The highest BCUT2D eigenvalue weighted by Crippen LogP contribution is 2.37. The van der Waals surface area contributed by atoms with Crippen LogP contribution in [0.25, 0.3) is 11.1 Å². The SMILES string of the molecule is c1ccc(N(c2ccccc2)c2cccc(-c3ccc4c(c3)B3c5ccccc5[Si](c5ccccc5)(c5ccccc5)c5cccc(c53)O4)c2)cc1. The summed E-state index contributed by atoms with van der Waals surface area (Å²) in [4.78, 5) is 2.32. The van der Waals surface area contributed by atoms with Crippen molar-refractivity contribution >= 4 is 69.0 Å². The molecule has 2 nitrogen and oxygen atoms in total. The molecule has 8 aromatic carbocycles. The van der Waals surface area contributed by atoms with Crippen LogP contribution >= 0.6 is 0 Å². The van der Waals surface area contributed by atoms with Gasteiger partial charge in [0.15, 0.2) is 8.07 Å². The molecule has 0 amide bonds. The molecular weight excluding hydrogens is 645 g/mol. The summed E-state index contributed by atoms with van der Waals surface area (Å²) in [6.45, 7) is 0.0486. The second-order valence-electron chi connectivity index (χ2n) is 13.6. The molecule has 0 spiro atoms. The quantitative estimate of drug-likeness (QED) is 0.174. The van der Waals surface area contributed by atoms with Crippen molar-refractivity contribution in [3.8, 4) is 22.6 Å². The maximum Gasteiger partial charge on any atom is 0.250 e. The summed E-state index contributed by atoms with van der Waals surface area (Å²) in [7, 11) is -2.70. The number of hydrogen-bond donors (Lipinski definition) is 0. The van der Waals surface area contributed by atoms with Crippen molar-refractivity contribution in [2.45, 2.75) is 0 Å². The van der Waals surface area contributed by atoms with Crippen LogP contribution in [0.3, 0.4) is 0 Å². The zero-order valence-corrected chi connectivity index (χ0v) is 29.6. The Morgan fingerprint density at radius 1 is 0.385 bits per heavy atom. The van der Waals surface area contributed by atoms with Crippen LogP contribution in [0.1, 0.15) is 0 Å². The molecule has 0 bridgehead atoms. The van der Waals surface area contributed by atoms with E-state index in [1.54, 1.807) is 0 Å². The van der Waals surface area contributed by atoms with Gasteiger partial charge >= 0.3 is 0 Å². The van der Waals surface area contributed by atoms with Gasteiger partial charge in [0.1, 0.15) is 11.5 Å². The third kappa shape index (κ3) is 4.72.